The van der Waals surface area contributed by atoms with E-state index in [9.17, 15) is 4.79 Å². The zero-order valence-electron chi connectivity index (χ0n) is 15.4. The number of rotatable bonds is 3. The summed E-state index contributed by atoms with van der Waals surface area (Å²) in [6.45, 7) is 1.39. The highest BCUT2D eigenvalue weighted by atomic mass is 35.5. The first-order chi connectivity index (χ1) is 13.0. The molecule has 140 valence electrons. The lowest BCUT2D eigenvalue weighted by molar-refractivity contribution is 0.110. The molecule has 1 saturated heterocycles. The predicted octanol–water partition coefficient (Wildman–Crippen LogP) is 3.18. The van der Waals surface area contributed by atoms with Crippen molar-refractivity contribution in [1.82, 2.24) is 19.4 Å². The maximum absolute atomic E-state index is 11.6. The Morgan fingerprint density at radius 1 is 1.33 bits per heavy atom. The average Bonchev–Trinajstić information content (AvgIpc) is 2.98. The van der Waals surface area contributed by atoms with Crippen LogP contribution in [0, 0.1) is 0 Å². The van der Waals surface area contributed by atoms with Gasteiger partial charge in [0.05, 0.1) is 29.2 Å². The van der Waals surface area contributed by atoms with E-state index in [4.69, 9.17) is 21.3 Å². The van der Waals surface area contributed by atoms with E-state index >= 15 is 0 Å². The van der Waals surface area contributed by atoms with E-state index in [1.807, 2.05) is 41.9 Å². The number of benzene rings is 1. The van der Waals surface area contributed by atoms with Gasteiger partial charge in [-0.1, -0.05) is 23.7 Å². The van der Waals surface area contributed by atoms with Gasteiger partial charge in [-0.15, -0.1) is 0 Å². The van der Waals surface area contributed by atoms with Gasteiger partial charge in [-0.3, -0.25) is 0 Å². The first kappa shape index (κ1) is 17.6. The van der Waals surface area contributed by atoms with Crippen molar-refractivity contribution in [3.8, 4) is 11.4 Å². The first-order valence-electron chi connectivity index (χ1n) is 8.62. The fraction of sp³-hybridized carbons (Fsp3) is 0.316. The number of fused-ring (bicyclic) bond motifs is 1. The number of hydrogen-bond acceptors (Lipinski definition) is 5. The molecule has 1 fully saturated rings. The fourth-order valence-electron chi connectivity index (χ4n) is 3.34. The van der Waals surface area contributed by atoms with E-state index in [1.165, 1.54) is 7.11 Å². The second kappa shape index (κ2) is 6.74. The summed E-state index contributed by atoms with van der Waals surface area (Å²) in [5.74, 6) is 1.62. The van der Waals surface area contributed by atoms with Crippen LogP contribution < -0.4 is 4.90 Å². The molecule has 27 heavy (non-hydrogen) atoms. The van der Waals surface area contributed by atoms with Crippen LogP contribution in [0.2, 0.25) is 5.02 Å². The molecule has 0 spiro atoms. The summed E-state index contributed by atoms with van der Waals surface area (Å²) >= 11 is 6.43. The number of likely N-dealkylation sites (N-methyl/N-ethyl adjacent to an activating group) is 1. The topological polar surface area (TPSA) is 63.5 Å². The molecule has 4 rings (SSSR count). The Balaban J connectivity index is 1.61. The van der Waals surface area contributed by atoms with Gasteiger partial charge in [0.1, 0.15) is 11.6 Å². The molecule has 0 atom stereocenters. The summed E-state index contributed by atoms with van der Waals surface area (Å²) in [6.07, 6.45) is 1.33. The molecule has 0 saturated carbocycles. The molecule has 0 unspecified atom stereocenters. The zero-order chi connectivity index (χ0) is 19.1. The van der Waals surface area contributed by atoms with Crippen molar-refractivity contribution < 1.29 is 9.53 Å². The third kappa shape index (κ3) is 2.98. The molecule has 8 heteroatoms. The van der Waals surface area contributed by atoms with E-state index in [-0.39, 0.29) is 12.1 Å². The Bertz CT molecular complexity index is 1010. The van der Waals surface area contributed by atoms with Crippen LogP contribution in [0.4, 0.5) is 10.6 Å². The molecule has 0 aliphatic carbocycles. The lowest BCUT2D eigenvalue weighted by atomic mass is 10.1. The van der Waals surface area contributed by atoms with Crippen LogP contribution in [0.15, 0.2) is 36.5 Å². The summed E-state index contributed by atoms with van der Waals surface area (Å²) in [7, 11) is 5.11. The van der Waals surface area contributed by atoms with Crippen LogP contribution in [0.25, 0.3) is 22.4 Å². The molecule has 3 heterocycles. The van der Waals surface area contributed by atoms with E-state index in [2.05, 4.69) is 9.88 Å². The Hall–Kier alpha value is -2.80. The number of carbonyl (C=O) groups excluding carboxylic acids is 1. The molecule has 1 amide bonds. The number of halogens is 1. The van der Waals surface area contributed by atoms with E-state index in [0.29, 0.717) is 18.1 Å². The van der Waals surface area contributed by atoms with Crippen LogP contribution in [-0.2, 0) is 11.8 Å². The Morgan fingerprint density at radius 3 is 2.78 bits per heavy atom. The van der Waals surface area contributed by atoms with Crippen molar-refractivity contribution in [3.63, 3.8) is 0 Å². The molecule has 1 aromatic carbocycles. The molecule has 0 bridgehead atoms. The highest BCUT2D eigenvalue weighted by molar-refractivity contribution is 6.33. The molecule has 0 radical (unpaired) electrons. The number of aryl methyl sites for hydroxylation is 1. The first-order valence-corrected chi connectivity index (χ1v) is 9.00. The minimum atomic E-state index is -0.330. The van der Waals surface area contributed by atoms with Gasteiger partial charge in [-0.05, 0) is 18.2 Å². The van der Waals surface area contributed by atoms with E-state index < -0.39 is 0 Å². The monoisotopic (exact) mass is 385 g/mol. The van der Waals surface area contributed by atoms with Crippen molar-refractivity contribution in [2.75, 3.05) is 32.1 Å². The van der Waals surface area contributed by atoms with Gasteiger partial charge in [0, 0.05) is 38.9 Å². The summed E-state index contributed by atoms with van der Waals surface area (Å²) < 4.78 is 6.80. The minimum Gasteiger partial charge on any atom is -0.453 e. The van der Waals surface area contributed by atoms with Crippen molar-refractivity contribution in [3.05, 3.63) is 41.6 Å². The van der Waals surface area contributed by atoms with Crippen molar-refractivity contribution >= 4 is 34.5 Å². The number of imidazole rings is 1. The smallest absolute Gasteiger partial charge is 0.409 e. The van der Waals surface area contributed by atoms with Crippen molar-refractivity contribution in [2.24, 2.45) is 7.05 Å². The fourth-order valence-corrected chi connectivity index (χ4v) is 3.53. The summed E-state index contributed by atoms with van der Waals surface area (Å²) in [4.78, 5) is 24.5. The van der Waals surface area contributed by atoms with Gasteiger partial charge in [0.15, 0.2) is 0 Å². The quantitative estimate of drug-likeness (QED) is 0.693. The van der Waals surface area contributed by atoms with Crippen LogP contribution in [-0.4, -0.2) is 58.8 Å². The third-order valence-electron chi connectivity index (χ3n) is 5.07. The molecule has 0 N–H and O–H groups in total. The van der Waals surface area contributed by atoms with E-state index in [1.54, 1.807) is 18.1 Å². The van der Waals surface area contributed by atoms with Crippen molar-refractivity contribution in [2.45, 2.75) is 6.04 Å². The number of para-hydroxylation sites is 2. The zero-order valence-corrected chi connectivity index (χ0v) is 16.1. The van der Waals surface area contributed by atoms with Gasteiger partial charge < -0.3 is 19.1 Å². The second-order valence-electron chi connectivity index (χ2n) is 6.65. The Morgan fingerprint density at radius 2 is 2.07 bits per heavy atom. The molecule has 3 aromatic rings. The van der Waals surface area contributed by atoms with Gasteiger partial charge in [0.2, 0.25) is 0 Å². The maximum Gasteiger partial charge on any atom is 0.409 e. The number of anilines is 1. The lowest BCUT2D eigenvalue weighted by Gasteiger charge is -2.44. The lowest BCUT2D eigenvalue weighted by Crippen LogP contribution is -2.60. The Kier molecular flexibility index (Phi) is 4.39. The molecule has 1 aliphatic heterocycles. The van der Waals surface area contributed by atoms with E-state index in [0.717, 1.165) is 28.2 Å². The average molecular weight is 386 g/mol. The molecule has 1 aliphatic rings. The number of nitrogens with zero attached hydrogens (tertiary/aromatic N) is 5. The SMILES string of the molecule is COC(=O)N(C)C1CN(c2cc(-c3nc4ccccc4n3C)c(Cl)cn2)C1. The summed E-state index contributed by atoms with van der Waals surface area (Å²) in [6, 6.07) is 10.0. The normalized spacial score (nSPS) is 14.3. The number of pyridine rings is 1. The molecular formula is C19H20ClN5O2. The van der Waals surface area contributed by atoms with Gasteiger partial charge in [0.25, 0.3) is 0 Å². The number of methoxy groups -OCH3 is 1. The second-order valence-corrected chi connectivity index (χ2v) is 7.05. The van der Waals surface area contributed by atoms with Gasteiger partial charge in [-0.2, -0.15) is 0 Å². The number of carbonyl (C=O) groups is 1. The summed E-state index contributed by atoms with van der Waals surface area (Å²) in [5.41, 5.74) is 2.81. The van der Waals surface area contributed by atoms with Crippen LogP contribution in [0.1, 0.15) is 0 Å². The molecule has 7 nitrogen and oxygen atoms in total. The van der Waals surface area contributed by atoms with Gasteiger partial charge in [-0.25, -0.2) is 14.8 Å². The number of ether oxygens (including phenoxy) is 1. The third-order valence-corrected chi connectivity index (χ3v) is 5.37. The maximum atomic E-state index is 11.6. The summed E-state index contributed by atoms with van der Waals surface area (Å²) in [5, 5.41) is 0.556. The molecule has 2 aromatic heterocycles. The largest absolute Gasteiger partial charge is 0.453 e. The Labute approximate surface area is 162 Å². The van der Waals surface area contributed by atoms with Crippen LogP contribution in [0.3, 0.4) is 0 Å². The standard InChI is InChI=1S/C19H20ClN5O2/c1-23(19(26)27-3)12-10-25(11-12)17-8-13(14(20)9-21-17)18-22-15-6-4-5-7-16(15)24(18)2/h4-9,12H,10-11H2,1-3H3. The van der Waals surface area contributed by atoms with Crippen LogP contribution >= 0.6 is 11.6 Å². The molecular weight excluding hydrogens is 366 g/mol. The number of hydrogen-bond donors (Lipinski definition) is 0. The van der Waals surface area contributed by atoms with Crippen LogP contribution in [0.5, 0.6) is 0 Å². The van der Waals surface area contributed by atoms with Crippen molar-refractivity contribution in [1.29, 1.82) is 0 Å². The predicted molar refractivity (Wildman–Crippen MR) is 105 cm³/mol. The highest BCUT2D eigenvalue weighted by Gasteiger charge is 2.34. The minimum absolute atomic E-state index is 0.106. The number of amides is 1. The highest BCUT2D eigenvalue weighted by Crippen LogP contribution is 2.33. The number of aromatic nitrogens is 3. The van der Waals surface area contributed by atoms with Gasteiger partial charge >= 0.3 is 6.09 Å².